The maximum Gasteiger partial charge on any atom is 0.329 e. The van der Waals surface area contributed by atoms with E-state index in [4.69, 9.17) is 4.74 Å². The van der Waals surface area contributed by atoms with Crippen molar-refractivity contribution in [1.29, 1.82) is 0 Å². The monoisotopic (exact) mass is 375 g/mol. The van der Waals surface area contributed by atoms with E-state index < -0.39 is 11.8 Å². The third kappa shape index (κ3) is 4.73. The van der Waals surface area contributed by atoms with Gasteiger partial charge >= 0.3 is 11.8 Å². The zero-order chi connectivity index (χ0) is 19.8. The number of carbonyl (C=O) groups is 2. The lowest BCUT2D eigenvalue weighted by Gasteiger charge is -2.11. The fraction of sp³-hybridized carbons (Fsp3) is 0.136. The molecule has 0 aliphatic heterocycles. The number of ether oxygens (including phenoxy) is 1. The highest BCUT2D eigenvalue weighted by molar-refractivity contribution is 6.35. The molecule has 3 aromatic rings. The number of carbonyl (C=O) groups excluding carboxylic acids is 2. The second kappa shape index (κ2) is 9.32. The lowest BCUT2D eigenvalue weighted by atomic mass is 10.1. The molecule has 0 saturated carbocycles. The van der Waals surface area contributed by atoms with Crippen LogP contribution in [0.3, 0.4) is 0 Å². The van der Waals surface area contributed by atoms with Crippen molar-refractivity contribution in [3.63, 3.8) is 0 Å². The normalized spacial score (nSPS) is 10.8. The largest absolute Gasteiger partial charge is 0.488 e. The summed E-state index contributed by atoms with van der Waals surface area (Å²) in [7, 11) is 0. The maximum absolute atomic E-state index is 11.6. The second-order valence-electron chi connectivity index (χ2n) is 6.02. The van der Waals surface area contributed by atoms with E-state index in [2.05, 4.69) is 34.0 Å². The number of hydrazone groups is 1. The van der Waals surface area contributed by atoms with Crippen LogP contribution in [0.2, 0.25) is 0 Å². The average molecular weight is 375 g/mol. The minimum Gasteiger partial charge on any atom is -0.488 e. The van der Waals surface area contributed by atoms with Crippen LogP contribution < -0.4 is 15.5 Å². The van der Waals surface area contributed by atoms with Crippen LogP contribution in [-0.2, 0) is 16.2 Å². The van der Waals surface area contributed by atoms with Crippen molar-refractivity contribution in [3.8, 4) is 5.75 Å². The molecule has 0 saturated heterocycles. The van der Waals surface area contributed by atoms with Crippen molar-refractivity contribution in [3.05, 3.63) is 77.9 Å². The highest BCUT2D eigenvalue weighted by Gasteiger charge is 2.10. The summed E-state index contributed by atoms with van der Waals surface area (Å²) in [5, 5.41) is 8.56. The second-order valence-corrected chi connectivity index (χ2v) is 6.02. The van der Waals surface area contributed by atoms with Crippen LogP contribution in [0.5, 0.6) is 5.75 Å². The topological polar surface area (TPSA) is 79.8 Å². The van der Waals surface area contributed by atoms with E-state index in [0.717, 1.165) is 16.3 Å². The molecule has 0 spiro atoms. The minimum absolute atomic E-state index is 0.376. The van der Waals surface area contributed by atoms with Gasteiger partial charge in [-0.2, -0.15) is 5.10 Å². The number of nitrogens with one attached hydrogen (secondary N) is 2. The number of nitrogens with zero attached hydrogens (tertiary/aromatic N) is 1. The van der Waals surface area contributed by atoms with Crippen molar-refractivity contribution >= 4 is 28.8 Å². The summed E-state index contributed by atoms with van der Waals surface area (Å²) in [6, 6.07) is 21.6. The van der Waals surface area contributed by atoms with Gasteiger partial charge in [-0.1, -0.05) is 54.6 Å². The van der Waals surface area contributed by atoms with Gasteiger partial charge in [-0.25, -0.2) is 5.43 Å². The Hall–Kier alpha value is -3.67. The molecule has 0 aliphatic carbocycles. The predicted octanol–water partition coefficient (Wildman–Crippen LogP) is 3.01. The van der Waals surface area contributed by atoms with Gasteiger partial charge in [0.05, 0.1) is 6.21 Å². The minimum atomic E-state index is -0.813. The Morgan fingerprint density at radius 1 is 0.964 bits per heavy atom. The van der Waals surface area contributed by atoms with Gasteiger partial charge in [0.25, 0.3) is 0 Å². The molecule has 0 radical (unpaired) electrons. The molecule has 28 heavy (non-hydrogen) atoms. The number of hydrogen-bond donors (Lipinski definition) is 2. The van der Waals surface area contributed by atoms with Crippen LogP contribution in [0.4, 0.5) is 0 Å². The first-order valence-corrected chi connectivity index (χ1v) is 8.98. The van der Waals surface area contributed by atoms with Crippen molar-refractivity contribution in [2.75, 3.05) is 6.54 Å². The van der Waals surface area contributed by atoms with E-state index >= 15 is 0 Å². The zero-order valence-corrected chi connectivity index (χ0v) is 15.5. The Balaban J connectivity index is 1.69. The predicted molar refractivity (Wildman–Crippen MR) is 109 cm³/mol. The van der Waals surface area contributed by atoms with Gasteiger partial charge in [0.15, 0.2) is 0 Å². The van der Waals surface area contributed by atoms with Crippen LogP contribution in [0.15, 0.2) is 71.8 Å². The van der Waals surface area contributed by atoms with Crippen LogP contribution in [-0.4, -0.2) is 24.6 Å². The van der Waals surface area contributed by atoms with Gasteiger partial charge in [-0.3, -0.25) is 9.59 Å². The van der Waals surface area contributed by atoms with Crippen LogP contribution >= 0.6 is 0 Å². The molecular weight excluding hydrogens is 354 g/mol. The Morgan fingerprint density at radius 2 is 1.71 bits per heavy atom. The standard InChI is InChI=1S/C22H21N3O3/c1-2-23-21(26)22(27)25-24-14-17-9-4-6-13-20(17)28-15-18-11-7-10-16-8-3-5-12-19(16)18/h3-14H,2,15H2,1H3,(H,23,26)(H,25,27)/b24-14-. The first-order valence-electron chi connectivity index (χ1n) is 8.98. The Labute approximate surface area is 163 Å². The number of amides is 2. The smallest absolute Gasteiger partial charge is 0.329 e. The average Bonchev–Trinajstić information content (AvgIpc) is 2.73. The van der Waals surface area contributed by atoms with E-state index in [1.807, 2.05) is 48.5 Å². The maximum atomic E-state index is 11.6. The molecule has 2 amide bonds. The van der Waals surface area contributed by atoms with Gasteiger partial charge in [0, 0.05) is 12.1 Å². The SMILES string of the molecule is CCNC(=O)C(=O)N/N=C\c1ccccc1OCc1cccc2ccccc12. The van der Waals surface area contributed by atoms with Crippen molar-refractivity contribution < 1.29 is 14.3 Å². The first kappa shape index (κ1) is 19.1. The lowest BCUT2D eigenvalue weighted by molar-refractivity contribution is -0.139. The fourth-order valence-electron chi connectivity index (χ4n) is 2.74. The van der Waals surface area contributed by atoms with Gasteiger partial charge in [0.1, 0.15) is 12.4 Å². The van der Waals surface area contributed by atoms with Crippen LogP contribution in [0, 0.1) is 0 Å². The van der Waals surface area contributed by atoms with Crippen molar-refractivity contribution in [2.24, 2.45) is 5.10 Å². The van der Waals surface area contributed by atoms with Gasteiger partial charge in [-0.05, 0) is 35.4 Å². The third-order valence-corrected chi connectivity index (χ3v) is 4.10. The highest BCUT2D eigenvalue weighted by atomic mass is 16.5. The van der Waals surface area contributed by atoms with E-state index in [-0.39, 0.29) is 0 Å². The quantitative estimate of drug-likeness (QED) is 0.395. The van der Waals surface area contributed by atoms with E-state index in [9.17, 15) is 9.59 Å². The molecule has 0 unspecified atom stereocenters. The molecule has 0 atom stereocenters. The highest BCUT2D eigenvalue weighted by Crippen LogP contribution is 2.22. The summed E-state index contributed by atoms with van der Waals surface area (Å²) in [6.45, 7) is 2.51. The lowest BCUT2D eigenvalue weighted by Crippen LogP contribution is -2.37. The number of likely N-dealkylation sites (N-methyl/N-ethyl adjacent to an activating group) is 1. The van der Waals surface area contributed by atoms with E-state index in [0.29, 0.717) is 24.5 Å². The van der Waals surface area contributed by atoms with Crippen LogP contribution in [0.1, 0.15) is 18.1 Å². The third-order valence-electron chi connectivity index (χ3n) is 4.10. The number of rotatable bonds is 6. The Morgan fingerprint density at radius 3 is 2.57 bits per heavy atom. The van der Waals surface area contributed by atoms with Gasteiger partial charge < -0.3 is 10.1 Å². The van der Waals surface area contributed by atoms with Crippen molar-refractivity contribution in [1.82, 2.24) is 10.7 Å². The van der Waals surface area contributed by atoms with Gasteiger partial charge in [0.2, 0.25) is 0 Å². The molecule has 0 fully saturated rings. The van der Waals surface area contributed by atoms with E-state index in [1.54, 1.807) is 6.92 Å². The fourth-order valence-corrected chi connectivity index (χ4v) is 2.74. The summed E-state index contributed by atoms with van der Waals surface area (Å²) in [6.07, 6.45) is 1.45. The molecule has 2 N–H and O–H groups in total. The molecule has 0 bridgehead atoms. The summed E-state index contributed by atoms with van der Waals surface area (Å²) in [5.74, 6) is -0.904. The summed E-state index contributed by atoms with van der Waals surface area (Å²) in [4.78, 5) is 23.0. The number of benzene rings is 3. The van der Waals surface area contributed by atoms with Crippen LogP contribution in [0.25, 0.3) is 10.8 Å². The summed E-state index contributed by atoms with van der Waals surface area (Å²) >= 11 is 0. The Bertz CT molecular complexity index is 1010. The molecule has 6 heteroatoms. The first-order chi connectivity index (χ1) is 13.7. The molecule has 0 aromatic heterocycles. The van der Waals surface area contributed by atoms with E-state index in [1.165, 1.54) is 6.21 Å². The molecular formula is C22H21N3O3. The number of para-hydroxylation sites is 1. The number of fused-ring (bicyclic) bond motifs is 1. The molecule has 0 aliphatic rings. The zero-order valence-electron chi connectivity index (χ0n) is 15.5. The molecule has 3 rings (SSSR count). The molecule has 3 aromatic carbocycles. The summed E-state index contributed by atoms with van der Waals surface area (Å²) in [5.41, 5.74) is 3.98. The molecule has 142 valence electrons. The molecule has 6 nitrogen and oxygen atoms in total. The Kier molecular flexibility index (Phi) is 6.36. The molecule has 0 heterocycles. The number of hydrogen-bond acceptors (Lipinski definition) is 4. The van der Waals surface area contributed by atoms with Gasteiger partial charge in [-0.15, -0.1) is 0 Å². The summed E-state index contributed by atoms with van der Waals surface area (Å²) < 4.78 is 5.99. The van der Waals surface area contributed by atoms with Crippen molar-refractivity contribution in [2.45, 2.75) is 13.5 Å².